The first-order valence-corrected chi connectivity index (χ1v) is 5.61. The highest BCUT2D eigenvalue weighted by atomic mass is 35.5. The summed E-state index contributed by atoms with van der Waals surface area (Å²) in [7, 11) is 0. The summed E-state index contributed by atoms with van der Waals surface area (Å²) >= 11 is 5.86. The first kappa shape index (κ1) is 11.1. The Balaban J connectivity index is 2.14. The standard InChI is InChI=1S/C12H13ClN2O/c1-8-4-3-5-10(6-8)7-11-14-12(9(2)13)15-16-11/h3-6,9H,7H2,1-2H3. The number of aryl methyl sites for hydroxylation is 1. The molecule has 1 aromatic carbocycles. The van der Waals surface area contributed by atoms with Gasteiger partial charge >= 0.3 is 0 Å². The van der Waals surface area contributed by atoms with Gasteiger partial charge in [-0.3, -0.25) is 0 Å². The molecule has 0 aliphatic heterocycles. The molecular formula is C12H13ClN2O. The van der Waals surface area contributed by atoms with E-state index in [-0.39, 0.29) is 5.38 Å². The maximum atomic E-state index is 5.86. The highest BCUT2D eigenvalue weighted by Crippen LogP contribution is 2.17. The molecule has 0 amide bonds. The van der Waals surface area contributed by atoms with Gasteiger partial charge in [-0.1, -0.05) is 35.0 Å². The lowest BCUT2D eigenvalue weighted by atomic mass is 10.1. The van der Waals surface area contributed by atoms with Crippen LogP contribution in [0.1, 0.15) is 35.1 Å². The SMILES string of the molecule is Cc1cccc(Cc2nc(C(C)Cl)no2)c1. The summed E-state index contributed by atoms with van der Waals surface area (Å²) in [4.78, 5) is 4.22. The second-order valence-corrected chi connectivity index (χ2v) is 4.48. The molecule has 0 saturated carbocycles. The molecule has 0 radical (unpaired) electrons. The van der Waals surface area contributed by atoms with Gasteiger partial charge in [0.1, 0.15) is 0 Å². The zero-order valence-electron chi connectivity index (χ0n) is 9.27. The fourth-order valence-electron chi connectivity index (χ4n) is 1.50. The Kier molecular flexibility index (Phi) is 3.25. The van der Waals surface area contributed by atoms with Gasteiger partial charge in [0.05, 0.1) is 11.8 Å². The Morgan fingerprint density at radius 2 is 2.25 bits per heavy atom. The van der Waals surface area contributed by atoms with Crippen LogP contribution in [0.4, 0.5) is 0 Å². The molecule has 84 valence electrons. The molecule has 16 heavy (non-hydrogen) atoms. The maximum Gasteiger partial charge on any atom is 0.231 e. The smallest absolute Gasteiger partial charge is 0.231 e. The van der Waals surface area contributed by atoms with Crippen molar-refractivity contribution in [2.45, 2.75) is 25.6 Å². The highest BCUT2D eigenvalue weighted by molar-refractivity contribution is 6.20. The van der Waals surface area contributed by atoms with Crippen molar-refractivity contribution in [3.8, 4) is 0 Å². The number of rotatable bonds is 3. The molecule has 0 bridgehead atoms. The number of hydrogen-bond acceptors (Lipinski definition) is 3. The minimum atomic E-state index is -0.213. The van der Waals surface area contributed by atoms with Crippen molar-refractivity contribution < 1.29 is 4.52 Å². The van der Waals surface area contributed by atoms with Gasteiger partial charge < -0.3 is 4.52 Å². The molecular weight excluding hydrogens is 224 g/mol. The summed E-state index contributed by atoms with van der Waals surface area (Å²) in [5, 5.41) is 3.60. The molecule has 0 spiro atoms. The van der Waals surface area contributed by atoms with Gasteiger partial charge in [-0.25, -0.2) is 0 Å². The highest BCUT2D eigenvalue weighted by Gasteiger charge is 2.11. The summed E-state index contributed by atoms with van der Waals surface area (Å²) in [6, 6.07) is 8.23. The van der Waals surface area contributed by atoms with Gasteiger partial charge in [-0.15, -0.1) is 11.6 Å². The van der Waals surface area contributed by atoms with Crippen LogP contribution in [0.2, 0.25) is 0 Å². The second-order valence-electron chi connectivity index (χ2n) is 3.83. The fraction of sp³-hybridized carbons (Fsp3) is 0.333. The molecule has 1 aromatic heterocycles. The Morgan fingerprint density at radius 1 is 1.44 bits per heavy atom. The Hall–Kier alpha value is -1.35. The second kappa shape index (κ2) is 4.66. The summed E-state index contributed by atoms with van der Waals surface area (Å²) in [6.07, 6.45) is 0.651. The van der Waals surface area contributed by atoms with E-state index >= 15 is 0 Å². The van der Waals surface area contributed by atoms with E-state index in [2.05, 4.69) is 29.2 Å². The summed E-state index contributed by atoms with van der Waals surface area (Å²) < 4.78 is 5.12. The van der Waals surface area contributed by atoms with E-state index in [4.69, 9.17) is 16.1 Å². The molecule has 0 aliphatic rings. The van der Waals surface area contributed by atoms with Crippen LogP contribution in [0.5, 0.6) is 0 Å². The number of aromatic nitrogens is 2. The lowest BCUT2D eigenvalue weighted by molar-refractivity contribution is 0.379. The lowest BCUT2D eigenvalue weighted by Gasteiger charge is -1.97. The van der Waals surface area contributed by atoms with Crippen molar-refractivity contribution in [3.05, 3.63) is 47.1 Å². The summed E-state index contributed by atoms with van der Waals surface area (Å²) in [5.41, 5.74) is 2.39. The third-order valence-electron chi connectivity index (χ3n) is 2.28. The van der Waals surface area contributed by atoms with E-state index in [1.54, 1.807) is 0 Å². The van der Waals surface area contributed by atoms with Crippen molar-refractivity contribution >= 4 is 11.6 Å². The molecule has 1 atom stereocenters. The molecule has 0 aliphatic carbocycles. The first-order valence-electron chi connectivity index (χ1n) is 5.17. The van der Waals surface area contributed by atoms with Gasteiger partial charge in [0.25, 0.3) is 0 Å². The zero-order valence-corrected chi connectivity index (χ0v) is 10.0. The predicted octanol–water partition coefficient (Wildman–Crippen LogP) is 3.27. The minimum absolute atomic E-state index is 0.213. The monoisotopic (exact) mass is 236 g/mol. The lowest BCUT2D eigenvalue weighted by Crippen LogP contribution is -1.91. The van der Waals surface area contributed by atoms with Crippen LogP contribution in [-0.2, 0) is 6.42 Å². The molecule has 0 saturated heterocycles. The van der Waals surface area contributed by atoms with E-state index < -0.39 is 0 Å². The molecule has 3 nitrogen and oxygen atoms in total. The molecule has 4 heteroatoms. The Morgan fingerprint density at radius 3 is 2.88 bits per heavy atom. The third-order valence-corrected chi connectivity index (χ3v) is 2.47. The average Bonchev–Trinajstić information content (AvgIpc) is 2.66. The quantitative estimate of drug-likeness (QED) is 0.768. The molecule has 1 unspecified atom stereocenters. The first-order chi connectivity index (χ1) is 7.65. The third kappa shape index (κ3) is 2.61. The number of benzene rings is 1. The van der Waals surface area contributed by atoms with Crippen LogP contribution in [-0.4, -0.2) is 10.1 Å². The van der Waals surface area contributed by atoms with Gasteiger partial charge in [-0.2, -0.15) is 4.98 Å². The molecule has 2 aromatic rings. The number of halogens is 1. The van der Waals surface area contributed by atoms with E-state index in [0.29, 0.717) is 18.1 Å². The predicted molar refractivity (Wildman–Crippen MR) is 62.6 cm³/mol. The van der Waals surface area contributed by atoms with Gasteiger partial charge in [0.15, 0.2) is 5.82 Å². The van der Waals surface area contributed by atoms with Crippen LogP contribution >= 0.6 is 11.6 Å². The molecule has 2 rings (SSSR count). The van der Waals surface area contributed by atoms with E-state index in [0.717, 1.165) is 5.56 Å². The largest absolute Gasteiger partial charge is 0.339 e. The van der Waals surface area contributed by atoms with Crippen molar-refractivity contribution in [2.75, 3.05) is 0 Å². The molecule has 1 heterocycles. The van der Waals surface area contributed by atoms with Crippen LogP contribution in [0.3, 0.4) is 0 Å². The van der Waals surface area contributed by atoms with Gasteiger partial charge in [0, 0.05) is 0 Å². The van der Waals surface area contributed by atoms with Crippen LogP contribution < -0.4 is 0 Å². The molecule has 0 N–H and O–H groups in total. The van der Waals surface area contributed by atoms with Crippen molar-refractivity contribution in [1.29, 1.82) is 0 Å². The fourth-order valence-corrected chi connectivity index (χ4v) is 1.59. The number of hydrogen-bond donors (Lipinski definition) is 0. The van der Waals surface area contributed by atoms with E-state index in [1.165, 1.54) is 5.56 Å². The normalized spacial score (nSPS) is 12.7. The minimum Gasteiger partial charge on any atom is -0.339 e. The Bertz CT molecular complexity index is 479. The van der Waals surface area contributed by atoms with Crippen LogP contribution in [0.25, 0.3) is 0 Å². The van der Waals surface area contributed by atoms with E-state index in [1.807, 2.05) is 19.1 Å². The van der Waals surface area contributed by atoms with Crippen molar-refractivity contribution in [3.63, 3.8) is 0 Å². The van der Waals surface area contributed by atoms with E-state index in [9.17, 15) is 0 Å². The summed E-state index contributed by atoms with van der Waals surface area (Å²) in [5.74, 6) is 1.15. The van der Waals surface area contributed by atoms with Crippen LogP contribution in [0.15, 0.2) is 28.8 Å². The maximum absolute atomic E-state index is 5.86. The van der Waals surface area contributed by atoms with Gasteiger partial charge in [-0.05, 0) is 19.4 Å². The topological polar surface area (TPSA) is 38.9 Å². The number of alkyl halides is 1. The zero-order chi connectivity index (χ0) is 11.5. The van der Waals surface area contributed by atoms with Crippen LogP contribution in [0, 0.1) is 6.92 Å². The number of nitrogens with zero attached hydrogens (tertiary/aromatic N) is 2. The average molecular weight is 237 g/mol. The van der Waals surface area contributed by atoms with Gasteiger partial charge in [0.2, 0.25) is 5.89 Å². The Labute approximate surface area is 99.4 Å². The summed E-state index contributed by atoms with van der Waals surface area (Å²) in [6.45, 7) is 3.88. The molecule has 0 fully saturated rings. The van der Waals surface area contributed by atoms with Crippen molar-refractivity contribution in [1.82, 2.24) is 10.1 Å². The van der Waals surface area contributed by atoms with Crippen molar-refractivity contribution in [2.24, 2.45) is 0 Å².